The van der Waals surface area contributed by atoms with Crippen LogP contribution in [-0.4, -0.2) is 49.7 Å². The fourth-order valence-corrected chi connectivity index (χ4v) is 3.54. The number of thiazole rings is 1. The summed E-state index contributed by atoms with van der Waals surface area (Å²) >= 11 is 1.87. The van der Waals surface area contributed by atoms with Gasteiger partial charge in [-0.1, -0.05) is 20.8 Å². The van der Waals surface area contributed by atoms with Gasteiger partial charge in [0.15, 0.2) is 5.13 Å². The molecular weight excluding hydrogens is 256 g/mol. The standard InChI is InChI=1S/C14H26N4S/c1-5-15-10-12-13(11(2)3)16-14(19-12)18-8-6-17(4)7-9-18/h11,15H,5-10H2,1-4H3. The molecule has 5 heteroatoms. The Bertz CT molecular complexity index is 394. The molecule has 19 heavy (non-hydrogen) atoms. The Kier molecular flexibility index (Phi) is 5.19. The van der Waals surface area contributed by atoms with E-state index >= 15 is 0 Å². The molecule has 1 fully saturated rings. The molecule has 0 aromatic carbocycles. The molecule has 0 saturated carbocycles. The Labute approximate surface area is 120 Å². The van der Waals surface area contributed by atoms with E-state index in [1.165, 1.54) is 15.7 Å². The van der Waals surface area contributed by atoms with Crippen molar-refractivity contribution in [1.82, 2.24) is 15.2 Å². The molecule has 0 aliphatic carbocycles. The molecule has 108 valence electrons. The Morgan fingerprint density at radius 3 is 2.53 bits per heavy atom. The molecule has 1 N–H and O–H groups in total. The predicted molar refractivity (Wildman–Crippen MR) is 83.3 cm³/mol. The highest BCUT2D eigenvalue weighted by atomic mass is 32.1. The van der Waals surface area contributed by atoms with Gasteiger partial charge < -0.3 is 15.1 Å². The first kappa shape index (κ1) is 14.8. The number of piperazine rings is 1. The fraction of sp³-hybridized carbons (Fsp3) is 0.786. The molecule has 2 heterocycles. The van der Waals surface area contributed by atoms with E-state index in [0.29, 0.717) is 5.92 Å². The van der Waals surface area contributed by atoms with Gasteiger partial charge in [0.1, 0.15) is 0 Å². The summed E-state index contributed by atoms with van der Waals surface area (Å²) in [7, 11) is 2.19. The lowest BCUT2D eigenvalue weighted by molar-refractivity contribution is 0.312. The molecule has 0 unspecified atom stereocenters. The van der Waals surface area contributed by atoms with E-state index in [9.17, 15) is 0 Å². The maximum Gasteiger partial charge on any atom is 0.185 e. The van der Waals surface area contributed by atoms with Gasteiger partial charge >= 0.3 is 0 Å². The molecular formula is C14H26N4S. The lowest BCUT2D eigenvalue weighted by atomic mass is 10.1. The van der Waals surface area contributed by atoms with Crippen LogP contribution in [0.25, 0.3) is 0 Å². The van der Waals surface area contributed by atoms with E-state index in [2.05, 4.69) is 42.9 Å². The van der Waals surface area contributed by atoms with Gasteiger partial charge in [-0.3, -0.25) is 0 Å². The van der Waals surface area contributed by atoms with Crippen molar-refractivity contribution in [3.8, 4) is 0 Å². The van der Waals surface area contributed by atoms with E-state index in [1.807, 2.05) is 11.3 Å². The van der Waals surface area contributed by atoms with Crippen LogP contribution in [0.2, 0.25) is 0 Å². The van der Waals surface area contributed by atoms with Crippen LogP contribution in [0, 0.1) is 0 Å². The van der Waals surface area contributed by atoms with Gasteiger partial charge in [-0.05, 0) is 19.5 Å². The number of nitrogens with zero attached hydrogens (tertiary/aromatic N) is 3. The molecule has 1 aliphatic rings. The number of hydrogen-bond acceptors (Lipinski definition) is 5. The van der Waals surface area contributed by atoms with Crippen LogP contribution < -0.4 is 10.2 Å². The molecule has 1 aromatic heterocycles. The Hall–Kier alpha value is -0.650. The smallest absolute Gasteiger partial charge is 0.185 e. The Morgan fingerprint density at radius 1 is 1.26 bits per heavy atom. The Balaban J connectivity index is 2.12. The van der Waals surface area contributed by atoms with Gasteiger partial charge in [0.05, 0.1) is 5.69 Å². The summed E-state index contributed by atoms with van der Waals surface area (Å²) in [4.78, 5) is 11.1. The minimum atomic E-state index is 0.506. The second-order valence-corrected chi connectivity index (χ2v) is 6.59. The van der Waals surface area contributed by atoms with Gasteiger partial charge in [0.2, 0.25) is 0 Å². The van der Waals surface area contributed by atoms with Crippen LogP contribution in [0.4, 0.5) is 5.13 Å². The van der Waals surface area contributed by atoms with E-state index in [-0.39, 0.29) is 0 Å². The molecule has 1 saturated heterocycles. The number of hydrogen-bond donors (Lipinski definition) is 1. The van der Waals surface area contributed by atoms with Crippen molar-refractivity contribution in [2.24, 2.45) is 0 Å². The number of nitrogens with one attached hydrogen (secondary N) is 1. The summed E-state index contributed by atoms with van der Waals surface area (Å²) in [5, 5.41) is 4.64. The van der Waals surface area contributed by atoms with Crippen molar-refractivity contribution in [3.05, 3.63) is 10.6 Å². The third-order valence-electron chi connectivity index (χ3n) is 3.57. The van der Waals surface area contributed by atoms with Gasteiger partial charge in [-0.25, -0.2) is 4.98 Å². The zero-order chi connectivity index (χ0) is 13.8. The van der Waals surface area contributed by atoms with Gasteiger partial charge in [0.25, 0.3) is 0 Å². The maximum atomic E-state index is 4.90. The molecule has 2 rings (SSSR count). The van der Waals surface area contributed by atoms with Crippen molar-refractivity contribution >= 4 is 16.5 Å². The van der Waals surface area contributed by atoms with Crippen LogP contribution in [0.1, 0.15) is 37.3 Å². The van der Waals surface area contributed by atoms with E-state index in [0.717, 1.165) is 39.3 Å². The largest absolute Gasteiger partial charge is 0.346 e. The summed E-state index contributed by atoms with van der Waals surface area (Å²) < 4.78 is 0. The molecule has 0 spiro atoms. The minimum Gasteiger partial charge on any atom is -0.346 e. The number of rotatable bonds is 5. The fourth-order valence-electron chi connectivity index (χ4n) is 2.30. The third kappa shape index (κ3) is 3.68. The van der Waals surface area contributed by atoms with Crippen LogP contribution >= 0.6 is 11.3 Å². The summed E-state index contributed by atoms with van der Waals surface area (Å²) in [6.07, 6.45) is 0. The monoisotopic (exact) mass is 282 g/mol. The lowest BCUT2D eigenvalue weighted by Crippen LogP contribution is -2.44. The van der Waals surface area contributed by atoms with E-state index < -0.39 is 0 Å². The highest BCUT2D eigenvalue weighted by molar-refractivity contribution is 7.15. The SMILES string of the molecule is CCNCc1sc(N2CCN(C)CC2)nc1C(C)C. The molecule has 4 nitrogen and oxygen atoms in total. The second-order valence-electron chi connectivity index (χ2n) is 5.53. The van der Waals surface area contributed by atoms with Crippen molar-refractivity contribution < 1.29 is 0 Å². The number of anilines is 1. The number of aromatic nitrogens is 1. The van der Waals surface area contributed by atoms with Gasteiger partial charge in [0, 0.05) is 37.6 Å². The highest BCUT2D eigenvalue weighted by Gasteiger charge is 2.20. The quantitative estimate of drug-likeness (QED) is 0.896. The van der Waals surface area contributed by atoms with Gasteiger partial charge in [-0.2, -0.15) is 0 Å². The van der Waals surface area contributed by atoms with Crippen molar-refractivity contribution in [3.63, 3.8) is 0 Å². The van der Waals surface area contributed by atoms with Crippen molar-refractivity contribution in [2.75, 3.05) is 44.7 Å². The Morgan fingerprint density at radius 2 is 1.95 bits per heavy atom. The normalized spacial score (nSPS) is 17.4. The maximum absolute atomic E-state index is 4.90. The van der Waals surface area contributed by atoms with Crippen LogP contribution in [-0.2, 0) is 6.54 Å². The highest BCUT2D eigenvalue weighted by Crippen LogP contribution is 2.31. The minimum absolute atomic E-state index is 0.506. The first-order valence-electron chi connectivity index (χ1n) is 7.25. The first-order chi connectivity index (χ1) is 9.11. The summed E-state index contributed by atoms with van der Waals surface area (Å²) in [6.45, 7) is 13.1. The molecule has 0 atom stereocenters. The third-order valence-corrected chi connectivity index (χ3v) is 4.70. The zero-order valence-electron chi connectivity index (χ0n) is 12.6. The molecule has 1 aromatic rings. The average molecular weight is 282 g/mol. The van der Waals surface area contributed by atoms with E-state index in [1.54, 1.807) is 0 Å². The lowest BCUT2D eigenvalue weighted by Gasteiger charge is -2.32. The topological polar surface area (TPSA) is 31.4 Å². The van der Waals surface area contributed by atoms with E-state index in [4.69, 9.17) is 4.98 Å². The summed E-state index contributed by atoms with van der Waals surface area (Å²) in [5.41, 5.74) is 1.28. The van der Waals surface area contributed by atoms with Crippen LogP contribution in [0.3, 0.4) is 0 Å². The first-order valence-corrected chi connectivity index (χ1v) is 8.07. The molecule has 1 aliphatic heterocycles. The molecule has 0 radical (unpaired) electrons. The van der Waals surface area contributed by atoms with Crippen molar-refractivity contribution in [2.45, 2.75) is 33.2 Å². The molecule has 0 amide bonds. The number of likely N-dealkylation sites (N-methyl/N-ethyl adjacent to an activating group) is 1. The summed E-state index contributed by atoms with van der Waals surface area (Å²) in [6, 6.07) is 0. The zero-order valence-corrected chi connectivity index (χ0v) is 13.4. The van der Waals surface area contributed by atoms with Crippen LogP contribution in [0.15, 0.2) is 0 Å². The molecule has 0 bridgehead atoms. The van der Waals surface area contributed by atoms with Gasteiger partial charge in [-0.15, -0.1) is 11.3 Å². The van der Waals surface area contributed by atoms with Crippen molar-refractivity contribution in [1.29, 1.82) is 0 Å². The predicted octanol–water partition coefficient (Wildman–Crippen LogP) is 2.13. The second kappa shape index (κ2) is 6.68. The van der Waals surface area contributed by atoms with Crippen LogP contribution in [0.5, 0.6) is 0 Å². The summed E-state index contributed by atoms with van der Waals surface area (Å²) in [5.74, 6) is 0.506. The average Bonchev–Trinajstić information content (AvgIpc) is 2.81.